The van der Waals surface area contributed by atoms with Gasteiger partial charge in [-0.15, -0.1) is 0 Å². The monoisotopic (exact) mass is 441 g/mol. The molecule has 3 rings (SSSR count). The normalized spacial score (nSPS) is 10.3. The van der Waals surface area contributed by atoms with Crippen molar-refractivity contribution in [2.45, 2.75) is 13.5 Å². The predicted octanol–water partition coefficient (Wildman–Crippen LogP) is 5.59. The first-order chi connectivity index (χ1) is 15.0. The smallest absolute Gasteiger partial charge is 0.255 e. The fourth-order valence-corrected chi connectivity index (χ4v) is 3.17. The summed E-state index contributed by atoms with van der Waals surface area (Å²) in [7, 11) is 3.12. The lowest BCUT2D eigenvalue weighted by atomic mass is 10.1. The quantitative estimate of drug-likeness (QED) is 0.469. The van der Waals surface area contributed by atoms with Gasteiger partial charge in [0.15, 0.2) is 11.5 Å². The Hall–Kier alpha value is -3.38. The van der Waals surface area contributed by atoms with Crippen LogP contribution in [-0.4, -0.2) is 26.7 Å². The number of ether oxygens (including phenoxy) is 4. The number of para-hydroxylation sites is 2. The van der Waals surface area contributed by atoms with Crippen molar-refractivity contribution >= 4 is 23.2 Å². The third-order valence-corrected chi connectivity index (χ3v) is 4.72. The second-order valence-electron chi connectivity index (χ2n) is 6.49. The fraction of sp³-hybridized carbons (Fsp3) is 0.208. The minimum atomic E-state index is -0.304. The van der Waals surface area contributed by atoms with Gasteiger partial charge < -0.3 is 24.3 Å². The first kappa shape index (κ1) is 22.3. The molecule has 3 aromatic carbocycles. The molecule has 0 aromatic heterocycles. The highest BCUT2D eigenvalue weighted by atomic mass is 35.5. The molecule has 0 saturated carbocycles. The number of carbonyl (C=O) groups is 1. The summed E-state index contributed by atoms with van der Waals surface area (Å²) in [6, 6.07) is 17.6. The molecule has 0 aliphatic rings. The number of nitrogens with one attached hydrogen (secondary N) is 1. The van der Waals surface area contributed by atoms with Crippen molar-refractivity contribution in [1.82, 2.24) is 0 Å². The minimum Gasteiger partial charge on any atom is -0.495 e. The van der Waals surface area contributed by atoms with E-state index in [0.29, 0.717) is 45.9 Å². The number of rotatable bonds is 9. The summed E-state index contributed by atoms with van der Waals surface area (Å²) < 4.78 is 22.3. The largest absolute Gasteiger partial charge is 0.495 e. The second kappa shape index (κ2) is 10.6. The van der Waals surface area contributed by atoms with Crippen LogP contribution < -0.4 is 24.3 Å². The summed E-state index contributed by atoms with van der Waals surface area (Å²) in [6.07, 6.45) is 0. The van der Waals surface area contributed by atoms with Crippen LogP contribution in [0.25, 0.3) is 0 Å². The number of hydrogen-bond acceptors (Lipinski definition) is 5. The minimum absolute atomic E-state index is 0.206. The van der Waals surface area contributed by atoms with Crippen LogP contribution in [0.5, 0.6) is 23.0 Å². The Morgan fingerprint density at radius 2 is 1.58 bits per heavy atom. The second-order valence-corrected chi connectivity index (χ2v) is 6.93. The van der Waals surface area contributed by atoms with Gasteiger partial charge in [-0.1, -0.05) is 23.7 Å². The van der Waals surface area contributed by atoms with Gasteiger partial charge in [-0.25, -0.2) is 0 Å². The van der Waals surface area contributed by atoms with Crippen LogP contribution in [0, 0.1) is 0 Å². The number of halogens is 1. The van der Waals surface area contributed by atoms with Crippen LogP contribution in [0.4, 0.5) is 5.69 Å². The molecule has 6 nitrogen and oxygen atoms in total. The van der Waals surface area contributed by atoms with E-state index in [0.717, 1.165) is 5.56 Å². The molecule has 1 amide bonds. The molecule has 0 fully saturated rings. The average molecular weight is 442 g/mol. The lowest BCUT2D eigenvalue weighted by Crippen LogP contribution is -2.14. The van der Waals surface area contributed by atoms with Crippen LogP contribution in [0.3, 0.4) is 0 Å². The molecular formula is C24H24ClNO5. The highest BCUT2D eigenvalue weighted by Gasteiger charge is 2.14. The molecule has 0 heterocycles. The first-order valence-corrected chi connectivity index (χ1v) is 10.1. The van der Waals surface area contributed by atoms with Crippen LogP contribution in [-0.2, 0) is 6.61 Å². The molecule has 0 radical (unpaired) electrons. The van der Waals surface area contributed by atoms with Gasteiger partial charge >= 0.3 is 0 Å². The molecule has 0 spiro atoms. The Labute approximate surface area is 186 Å². The number of carbonyl (C=O) groups excluding carboxylic acids is 1. The lowest BCUT2D eigenvalue weighted by Gasteiger charge is -2.15. The SMILES string of the molecule is CCOc1ccc(C(=O)Nc2cc(Cl)ccc2OC)cc1COc1ccccc1OC. The van der Waals surface area contributed by atoms with Gasteiger partial charge in [0.05, 0.1) is 26.5 Å². The average Bonchev–Trinajstić information content (AvgIpc) is 2.79. The maximum atomic E-state index is 12.9. The van der Waals surface area contributed by atoms with Crippen molar-refractivity contribution in [2.24, 2.45) is 0 Å². The fourth-order valence-electron chi connectivity index (χ4n) is 3.00. The Bertz CT molecular complexity index is 1050. The van der Waals surface area contributed by atoms with E-state index in [4.69, 9.17) is 30.5 Å². The highest BCUT2D eigenvalue weighted by molar-refractivity contribution is 6.31. The maximum absolute atomic E-state index is 12.9. The summed E-state index contributed by atoms with van der Waals surface area (Å²) in [6.45, 7) is 2.60. The van der Waals surface area contributed by atoms with E-state index in [1.54, 1.807) is 43.5 Å². The van der Waals surface area contributed by atoms with Crippen molar-refractivity contribution < 1.29 is 23.7 Å². The lowest BCUT2D eigenvalue weighted by molar-refractivity contribution is 0.102. The Morgan fingerprint density at radius 3 is 2.29 bits per heavy atom. The molecule has 0 aliphatic carbocycles. The number of anilines is 1. The molecular weight excluding hydrogens is 418 g/mol. The van der Waals surface area contributed by atoms with Crippen LogP contribution in [0.1, 0.15) is 22.8 Å². The molecule has 0 unspecified atom stereocenters. The van der Waals surface area contributed by atoms with Crippen molar-refractivity contribution in [1.29, 1.82) is 0 Å². The van der Waals surface area contributed by atoms with Gasteiger partial charge in [0, 0.05) is 16.1 Å². The zero-order valence-electron chi connectivity index (χ0n) is 17.6. The first-order valence-electron chi connectivity index (χ1n) is 9.72. The molecule has 7 heteroatoms. The standard InChI is InChI=1S/C24H24ClNO5/c1-4-30-20-11-9-16(24(27)26-19-14-18(25)10-12-21(19)28-2)13-17(20)15-31-23-8-6-5-7-22(23)29-3/h5-14H,4,15H2,1-3H3,(H,26,27). The van der Waals surface area contributed by atoms with E-state index in [2.05, 4.69) is 5.32 Å². The Balaban J connectivity index is 1.83. The van der Waals surface area contributed by atoms with Gasteiger partial charge in [0.2, 0.25) is 0 Å². The summed E-state index contributed by atoms with van der Waals surface area (Å²) in [5, 5.41) is 3.33. The topological polar surface area (TPSA) is 66.0 Å². The number of methoxy groups -OCH3 is 2. The molecule has 0 saturated heterocycles. The summed E-state index contributed by atoms with van der Waals surface area (Å²) in [4.78, 5) is 12.9. The van der Waals surface area contributed by atoms with Crippen LogP contribution in [0.15, 0.2) is 60.7 Å². The van der Waals surface area contributed by atoms with E-state index in [1.165, 1.54) is 7.11 Å². The van der Waals surface area contributed by atoms with E-state index in [1.807, 2.05) is 31.2 Å². The molecule has 3 aromatic rings. The summed E-state index contributed by atoms with van der Waals surface area (Å²) in [5.74, 6) is 2.09. The molecule has 1 N–H and O–H groups in total. The highest BCUT2D eigenvalue weighted by Crippen LogP contribution is 2.30. The van der Waals surface area contributed by atoms with E-state index >= 15 is 0 Å². The van der Waals surface area contributed by atoms with Gasteiger partial charge in [0.1, 0.15) is 18.1 Å². The summed E-state index contributed by atoms with van der Waals surface area (Å²) >= 11 is 6.06. The van der Waals surface area contributed by atoms with E-state index < -0.39 is 0 Å². The zero-order chi connectivity index (χ0) is 22.2. The van der Waals surface area contributed by atoms with Crippen LogP contribution >= 0.6 is 11.6 Å². The summed E-state index contributed by atoms with van der Waals surface area (Å²) in [5.41, 5.74) is 1.67. The molecule has 0 bridgehead atoms. The Kier molecular flexibility index (Phi) is 7.62. The molecule has 0 aliphatic heterocycles. The van der Waals surface area contributed by atoms with Crippen molar-refractivity contribution in [2.75, 3.05) is 26.1 Å². The molecule has 162 valence electrons. The van der Waals surface area contributed by atoms with Gasteiger partial charge in [-0.3, -0.25) is 4.79 Å². The molecule has 0 atom stereocenters. The van der Waals surface area contributed by atoms with Crippen molar-refractivity contribution in [3.8, 4) is 23.0 Å². The number of hydrogen-bond donors (Lipinski definition) is 1. The number of amides is 1. The predicted molar refractivity (Wildman–Crippen MR) is 121 cm³/mol. The van der Waals surface area contributed by atoms with Gasteiger partial charge in [-0.05, 0) is 55.5 Å². The Morgan fingerprint density at radius 1 is 0.871 bits per heavy atom. The third kappa shape index (κ3) is 5.61. The van der Waals surface area contributed by atoms with Crippen LogP contribution in [0.2, 0.25) is 5.02 Å². The zero-order valence-corrected chi connectivity index (χ0v) is 18.4. The van der Waals surface area contributed by atoms with Crippen molar-refractivity contribution in [3.63, 3.8) is 0 Å². The third-order valence-electron chi connectivity index (χ3n) is 4.48. The van der Waals surface area contributed by atoms with Gasteiger partial charge in [0.25, 0.3) is 5.91 Å². The van der Waals surface area contributed by atoms with E-state index in [-0.39, 0.29) is 12.5 Å². The van der Waals surface area contributed by atoms with Crippen molar-refractivity contribution in [3.05, 3.63) is 76.8 Å². The maximum Gasteiger partial charge on any atom is 0.255 e. The molecule has 31 heavy (non-hydrogen) atoms. The van der Waals surface area contributed by atoms with E-state index in [9.17, 15) is 4.79 Å². The number of benzene rings is 3. The van der Waals surface area contributed by atoms with Gasteiger partial charge in [-0.2, -0.15) is 0 Å².